The third-order valence-electron chi connectivity index (χ3n) is 6.57. The lowest BCUT2D eigenvalue weighted by Crippen LogP contribution is -2.37. The molecule has 1 aromatic heterocycles. The van der Waals surface area contributed by atoms with Gasteiger partial charge in [0.15, 0.2) is 5.79 Å². The van der Waals surface area contributed by atoms with E-state index in [0.717, 1.165) is 37.8 Å². The molecule has 3 aliphatic rings. The van der Waals surface area contributed by atoms with E-state index in [0.29, 0.717) is 37.4 Å². The molecule has 1 aliphatic heterocycles. The fourth-order valence-corrected chi connectivity index (χ4v) is 4.73. The minimum atomic E-state index is -2.92. The molecule has 0 radical (unpaired) electrons. The molecule has 0 unspecified atom stereocenters. The van der Waals surface area contributed by atoms with Gasteiger partial charge in [-0.05, 0) is 25.7 Å². The predicted octanol–water partition coefficient (Wildman–Crippen LogP) is 6.30. The summed E-state index contributed by atoms with van der Waals surface area (Å²) in [6.07, 6.45) is -1.23. The van der Waals surface area contributed by atoms with Crippen LogP contribution in [-0.2, 0) is 20.8 Å². The number of aromatic nitrogens is 1. The lowest BCUT2D eigenvalue weighted by Gasteiger charge is -2.35. The Kier molecular flexibility index (Phi) is 5.98. The molecule has 32 heavy (non-hydrogen) atoms. The molecule has 5 nitrogen and oxygen atoms in total. The van der Waals surface area contributed by atoms with E-state index >= 15 is 0 Å². The second-order valence-corrected chi connectivity index (χ2v) is 8.68. The summed E-state index contributed by atoms with van der Waals surface area (Å²) < 4.78 is 78.0. The van der Waals surface area contributed by atoms with E-state index in [1.807, 2.05) is 0 Å². The van der Waals surface area contributed by atoms with Gasteiger partial charge in [-0.1, -0.05) is 23.4 Å². The highest BCUT2D eigenvalue weighted by Gasteiger charge is 2.41. The fourth-order valence-electron chi connectivity index (χ4n) is 4.73. The van der Waals surface area contributed by atoms with Crippen molar-refractivity contribution < 1.29 is 36.3 Å². The van der Waals surface area contributed by atoms with Gasteiger partial charge in [0.1, 0.15) is 11.5 Å². The van der Waals surface area contributed by atoms with Crippen molar-refractivity contribution in [3.63, 3.8) is 0 Å². The smallest absolute Gasteiger partial charge is 0.264 e. The van der Waals surface area contributed by atoms with E-state index in [-0.39, 0.29) is 29.9 Å². The summed E-state index contributed by atoms with van der Waals surface area (Å²) in [4.78, 5) is 0. The Hall–Kier alpha value is -1.97. The summed E-state index contributed by atoms with van der Waals surface area (Å²) in [7, 11) is 0. The van der Waals surface area contributed by atoms with Gasteiger partial charge in [0.2, 0.25) is 0 Å². The molecule has 1 aromatic carbocycles. The summed E-state index contributed by atoms with van der Waals surface area (Å²) in [5.74, 6) is 0.168. The summed E-state index contributed by atoms with van der Waals surface area (Å²) in [5.41, 5.74) is -0.671. The molecule has 2 heterocycles. The predicted molar refractivity (Wildman–Crippen MR) is 106 cm³/mol. The average molecular weight is 455 g/mol. The Balaban J connectivity index is 1.41. The highest BCUT2D eigenvalue weighted by molar-refractivity contribution is 5.72. The third-order valence-corrected chi connectivity index (χ3v) is 6.57. The maximum Gasteiger partial charge on any atom is 0.264 e. The number of alkyl halides is 4. The van der Waals surface area contributed by atoms with Crippen molar-refractivity contribution in [1.29, 1.82) is 0 Å². The second-order valence-electron chi connectivity index (χ2n) is 8.68. The number of rotatable bonds is 7. The highest BCUT2D eigenvalue weighted by Crippen LogP contribution is 2.47. The van der Waals surface area contributed by atoms with Crippen molar-refractivity contribution in [3.05, 3.63) is 40.6 Å². The third kappa shape index (κ3) is 4.18. The molecule has 2 aromatic rings. The van der Waals surface area contributed by atoms with Crippen molar-refractivity contribution in [2.45, 2.75) is 75.8 Å². The first kappa shape index (κ1) is 21.9. The molecule has 0 atom stereocenters. The molecule has 0 bridgehead atoms. The van der Waals surface area contributed by atoms with Crippen LogP contribution in [0.2, 0.25) is 0 Å². The first-order chi connectivity index (χ1) is 15.5. The average Bonchev–Trinajstić information content (AvgIpc) is 3.39. The Labute approximate surface area is 183 Å². The second kappa shape index (κ2) is 8.76. The summed E-state index contributed by atoms with van der Waals surface area (Å²) >= 11 is 0. The molecule has 2 saturated carbocycles. The number of ether oxygens (including phenoxy) is 3. The van der Waals surface area contributed by atoms with Gasteiger partial charge in [-0.25, -0.2) is 17.6 Å². The monoisotopic (exact) mass is 455 g/mol. The Morgan fingerprint density at radius 2 is 1.59 bits per heavy atom. The standard InChI is InChI=1S/C23H25F4NO4/c24-21(25)15-2-1-3-16(22(26)27)18(15)19-17(20(32-28-19)13-4-5-13)12-29-14-6-8-23(9-7-14)30-10-11-31-23/h1-3,13-14,21-22H,4-12H2. The summed E-state index contributed by atoms with van der Waals surface area (Å²) in [6.45, 7) is 1.26. The molecule has 1 spiro atoms. The van der Waals surface area contributed by atoms with Crippen molar-refractivity contribution in [2.75, 3.05) is 13.2 Å². The van der Waals surface area contributed by atoms with E-state index in [2.05, 4.69) is 5.16 Å². The van der Waals surface area contributed by atoms with Crippen LogP contribution in [0.15, 0.2) is 22.7 Å². The zero-order valence-electron chi connectivity index (χ0n) is 17.5. The lowest BCUT2D eigenvalue weighted by molar-refractivity contribution is -0.192. The molecular formula is C23H25F4NO4. The molecule has 9 heteroatoms. The highest BCUT2D eigenvalue weighted by atomic mass is 19.3. The van der Waals surface area contributed by atoms with Gasteiger partial charge in [-0.2, -0.15) is 0 Å². The van der Waals surface area contributed by atoms with Crippen LogP contribution in [0.3, 0.4) is 0 Å². The zero-order chi connectivity index (χ0) is 22.3. The minimum absolute atomic E-state index is 0.0350. The van der Waals surface area contributed by atoms with Crippen molar-refractivity contribution in [1.82, 2.24) is 5.16 Å². The van der Waals surface area contributed by atoms with Gasteiger partial charge in [0, 0.05) is 41.0 Å². The molecule has 5 rings (SSSR count). The van der Waals surface area contributed by atoms with Crippen LogP contribution in [0.4, 0.5) is 17.6 Å². The Morgan fingerprint density at radius 3 is 2.16 bits per heavy atom. The quantitative estimate of drug-likeness (QED) is 0.459. The van der Waals surface area contributed by atoms with E-state index in [9.17, 15) is 17.6 Å². The van der Waals surface area contributed by atoms with Crippen LogP contribution in [0, 0.1) is 0 Å². The largest absolute Gasteiger partial charge is 0.373 e. The molecule has 0 amide bonds. The van der Waals surface area contributed by atoms with E-state index in [1.165, 1.54) is 6.07 Å². The molecule has 2 aliphatic carbocycles. The number of hydrogen-bond acceptors (Lipinski definition) is 5. The first-order valence-corrected chi connectivity index (χ1v) is 11.0. The molecule has 174 valence electrons. The van der Waals surface area contributed by atoms with Crippen molar-refractivity contribution >= 4 is 0 Å². The number of nitrogens with zero attached hydrogens (tertiary/aromatic N) is 1. The maximum atomic E-state index is 13.7. The number of halogens is 4. The summed E-state index contributed by atoms with van der Waals surface area (Å²) in [5, 5.41) is 3.99. The Bertz CT molecular complexity index is 917. The Morgan fingerprint density at radius 1 is 0.969 bits per heavy atom. The van der Waals surface area contributed by atoms with Crippen molar-refractivity contribution in [3.8, 4) is 11.3 Å². The number of benzene rings is 1. The van der Waals surface area contributed by atoms with Gasteiger partial charge < -0.3 is 18.7 Å². The van der Waals surface area contributed by atoms with Gasteiger partial charge in [0.25, 0.3) is 12.9 Å². The van der Waals surface area contributed by atoms with Crippen LogP contribution in [-0.4, -0.2) is 30.3 Å². The zero-order valence-corrected chi connectivity index (χ0v) is 17.5. The fraction of sp³-hybridized carbons (Fsp3) is 0.609. The number of hydrogen-bond donors (Lipinski definition) is 0. The topological polar surface area (TPSA) is 53.7 Å². The molecule has 3 fully saturated rings. The summed E-state index contributed by atoms with van der Waals surface area (Å²) in [6, 6.07) is 3.53. The van der Waals surface area contributed by atoms with Crippen LogP contribution in [0.5, 0.6) is 0 Å². The van der Waals surface area contributed by atoms with E-state index in [1.54, 1.807) is 0 Å². The van der Waals surface area contributed by atoms with Crippen LogP contribution in [0.25, 0.3) is 11.3 Å². The van der Waals surface area contributed by atoms with Gasteiger partial charge in [-0.3, -0.25) is 0 Å². The van der Waals surface area contributed by atoms with Gasteiger partial charge in [-0.15, -0.1) is 0 Å². The van der Waals surface area contributed by atoms with Crippen molar-refractivity contribution in [2.24, 2.45) is 0 Å². The molecular weight excluding hydrogens is 430 g/mol. The van der Waals surface area contributed by atoms with Crippen LogP contribution < -0.4 is 0 Å². The SMILES string of the molecule is FC(F)c1cccc(C(F)F)c1-c1noc(C2CC2)c1COC1CCC2(CC1)OCCO2. The first-order valence-electron chi connectivity index (χ1n) is 11.0. The molecule has 0 N–H and O–H groups in total. The van der Waals surface area contributed by atoms with E-state index in [4.69, 9.17) is 18.7 Å². The van der Waals surface area contributed by atoms with E-state index < -0.39 is 29.8 Å². The van der Waals surface area contributed by atoms with Gasteiger partial charge >= 0.3 is 0 Å². The van der Waals surface area contributed by atoms with Crippen LogP contribution in [0.1, 0.15) is 79.7 Å². The van der Waals surface area contributed by atoms with Gasteiger partial charge in [0.05, 0.1) is 25.9 Å². The lowest BCUT2D eigenvalue weighted by atomic mass is 9.91. The molecule has 1 saturated heterocycles. The maximum absolute atomic E-state index is 13.7. The minimum Gasteiger partial charge on any atom is -0.373 e. The normalized spacial score (nSPS) is 21.3. The van der Waals surface area contributed by atoms with Crippen LogP contribution >= 0.6 is 0 Å².